The molecule has 2 rings (SSSR count). The molecule has 0 spiro atoms. The summed E-state index contributed by atoms with van der Waals surface area (Å²) in [6.07, 6.45) is -0.171. The lowest BCUT2D eigenvalue weighted by Gasteiger charge is -2.18. The molecule has 136 valence electrons. The second kappa shape index (κ2) is 8.86. The lowest BCUT2D eigenvalue weighted by molar-refractivity contribution is -0.124. The number of hydrogen-bond acceptors (Lipinski definition) is 4. The topological polar surface area (TPSA) is 95.1 Å². The van der Waals surface area contributed by atoms with Crippen molar-refractivity contribution in [2.45, 2.75) is 13.0 Å². The number of ether oxygens (including phenoxy) is 1. The Bertz CT molecular complexity index is 619. The van der Waals surface area contributed by atoms with Crippen LogP contribution < -0.4 is 20.7 Å². The molecule has 1 aromatic carbocycles. The van der Waals surface area contributed by atoms with Crippen molar-refractivity contribution in [3.63, 3.8) is 0 Å². The zero-order chi connectivity index (χ0) is 18.2. The molecular weight excluding hydrogens is 329 g/mol. The molecule has 3 amide bonds. The van der Waals surface area contributed by atoms with Gasteiger partial charge in [0, 0.05) is 20.1 Å². The third kappa shape index (κ3) is 5.63. The van der Waals surface area contributed by atoms with E-state index in [1.54, 1.807) is 19.2 Å². The van der Waals surface area contributed by atoms with Crippen LogP contribution in [0.1, 0.15) is 6.92 Å². The van der Waals surface area contributed by atoms with Crippen LogP contribution in [-0.4, -0.2) is 62.1 Å². The maximum atomic E-state index is 12.9. The van der Waals surface area contributed by atoms with Gasteiger partial charge in [0.1, 0.15) is 17.7 Å². The Labute approximate surface area is 145 Å². The fourth-order valence-electron chi connectivity index (χ4n) is 2.22. The molecule has 0 aliphatic carbocycles. The molecule has 0 saturated carbocycles. The minimum atomic E-state index is -0.379. The fourth-order valence-corrected chi connectivity index (χ4v) is 2.22. The maximum Gasteiger partial charge on any atom is 0.324 e. The Morgan fingerprint density at radius 3 is 2.68 bits per heavy atom. The van der Waals surface area contributed by atoms with Crippen LogP contribution in [0.25, 0.3) is 0 Å². The van der Waals surface area contributed by atoms with E-state index in [-0.39, 0.29) is 36.9 Å². The summed E-state index contributed by atoms with van der Waals surface area (Å²) in [7, 11) is 1.62. The van der Waals surface area contributed by atoms with E-state index in [2.05, 4.69) is 20.9 Å². The second-order valence-corrected chi connectivity index (χ2v) is 5.47. The number of aliphatic imine (C=N–C) groups is 1. The quantitative estimate of drug-likeness (QED) is 0.373. The first-order chi connectivity index (χ1) is 12.0. The van der Waals surface area contributed by atoms with Crippen LogP contribution in [0.4, 0.5) is 9.18 Å². The Morgan fingerprint density at radius 1 is 1.36 bits per heavy atom. The van der Waals surface area contributed by atoms with E-state index >= 15 is 0 Å². The number of urea groups is 1. The number of carbonyl (C=O) groups is 2. The Balaban J connectivity index is 1.69. The summed E-state index contributed by atoms with van der Waals surface area (Å²) < 4.78 is 18.5. The van der Waals surface area contributed by atoms with Gasteiger partial charge in [0.25, 0.3) is 0 Å². The zero-order valence-electron chi connectivity index (χ0n) is 14.2. The molecule has 1 atom stereocenters. The van der Waals surface area contributed by atoms with Gasteiger partial charge in [0.05, 0.1) is 13.1 Å². The first kappa shape index (κ1) is 18.5. The third-order valence-electron chi connectivity index (χ3n) is 3.50. The number of halogens is 1. The van der Waals surface area contributed by atoms with E-state index in [0.717, 1.165) is 4.90 Å². The predicted molar refractivity (Wildman–Crippen MR) is 91.0 cm³/mol. The maximum absolute atomic E-state index is 12.9. The SMILES string of the molecule is CN=C(NCCN1C(=O)CNC1=O)NCC(C)Oc1ccc(F)cc1. The summed E-state index contributed by atoms with van der Waals surface area (Å²) in [5.41, 5.74) is 0. The first-order valence-corrected chi connectivity index (χ1v) is 7.94. The van der Waals surface area contributed by atoms with Gasteiger partial charge in [-0.15, -0.1) is 0 Å². The lowest BCUT2D eigenvalue weighted by atomic mass is 10.3. The molecule has 0 bridgehead atoms. The van der Waals surface area contributed by atoms with Crippen molar-refractivity contribution in [1.29, 1.82) is 0 Å². The number of guanidine groups is 1. The summed E-state index contributed by atoms with van der Waals surface area (Å²) in [5, 5.41) is 8.57. The van der Waals surface area contributed by atoms with Crippen molar-refractivity contribution >= 4 is 17.9 Å². The molecule has 1 saturated heterocycles. The molecule has 1 heterocycles. The van der Waals surface area contributed by atoms with Crippen LogP contribution in [0.2, 0.25) is 0 Å². The standard InChI is InChI=1S/C16H22FN5O3/c1-11(25-13-5-3-12(17)4-6-13)9-20-15(18-2)19-7-8-22-14(23)10-21-16(22)24/h3-6,11H,7-10H2,1-2H3,(H,21,24)(H2,18,19,20). The van der Waals surface area contributed by atoms with E-state index in [0.29, 0.717) is 24.8 Å². The molecule has 8 nitrogen and oxygen atoms in total. The summed E-state index contributed by atoms with van der Waals surface area (Å²) in [5.74, 6) is 0.558. The van der Waals surface area contributed by atoms with Gasteiger partial charge in [-0.2, -0.15) is 0 Å². The molecule has 0 aromatic heterocycles. The van der Waals surface area contributed by atoms with E-state index in [4.69, 9.17) is 4.74 Å². The molecule has 1 fully saturated rings. The van der Waals surface area contributed by atoms with Crippen molar-refractivity contribution < 1.29 is 18.7 Å². The van der Waals surface area contributed by atoms with E-state index < -0.39 is 0 Å². The Morgan fingerprint density at radius 2 is 2.08 bits per heavy atom. The first-order valence-electron chi connectivity index (χ1n) is 7.94. The van der Waals surface area contributed by atoms with Crippen molar-refractivity contribution in [3.05, 3.63) is 30.1 Å². The highest BCUT2D eigenvalue weighted by atomic mass is 19.1. The summed E-state index contributed by atoms with van der Waals surface area (Å²) in [6, 6.07) is 5.43. The van der Waals surface area contributed by atoms with Crippen molar-refractivity contribution in [2.24, 2.45) is 4.99 Å². The predicted octanol–water partition coefficient (Wildman–Crippen LogP) is 0.310. The van der Waals surface area contributed by atoms with E-state index in [9.17, 15) is 14.0 Å². The number of benzene rings is 1. The van der Waals surface area contributed by atoms with Gasteiger partial charge in [-0.3, -0.25) is 14.7 Å². The normalized spacial score (nSPS) is 15.8. The molecule has 3 N–H and O–H groups in total. The number of carbonyl (C=O) groups excluding carboxylic acids is 2. The molecular formula is C16H22FN5O3. The monoisotopic (exact) mass is 351 g/mol. The van der Waals surface area contributed by atoms with Crippen LogP contribution in [0.3, 0.4) is 0 Å². The highest BCUT2D eigenvalue weighted by Gasteiger charge is 2.27. The molecule has 1 aliphatic heterocycles. The van der Waals surface area contributed by atoms with Crippen molar-refractivity contribution in [3.8, 4) is 5.75 Å². The summed E-state index contributed by atoms with van der Waals surface area (Å²) in [6.45, 7) is 3.03. The lowest BCUT2D eigenvalue weighted by Crippen LogP contribution is -2.45. The zero-order valence-corrected chi connectivity index (χ0v) is 14.2. The van der Waals surface area contributed by atoms with Gasteiger partial charge in [-0.25, -0.2) is 9.18 Å². The summed E-state index contributed by atoms with van der Waals surface area (Å²) in [4.78, 5) is 28.1. The van der Waals surface area contributed by atoms with Gasteiger partial charge >= 0.3 is 6.03 Å². The molecule has 1 aromatic rings. The van der Waals surface area contributed by atoms with Crippen LogP contribution in [0.5, 0.6) is 5.75 Å². The molecule has 25 heavy (non-hydrogen) atoms. The highest BCUT2D eigenvalue weighted by Crippen LogP contribution is 2.12. The van der Waals surface area contributed by atoms with Crippen LogP contribution >= 0.6 is 0 Å². The van der Waals surface area contributed by atoms with Crippen LogP contribution in [0.15, 0.2) is 29.3 Å². The number of nitrogens with one attached hydrogen (secondary N) is 3. The number of imide groups is 1. The van der Waals surface area contributed by atoms with E-state index in [1.165, 1.54) is 12.1 Å². The summed E-state index contributed by atoms with van der Waals surface area (Å²) >= 11 is 0. The van der Waals surface area contributed by atoms with Gasteiger partial charge < -0.3 is 20.7 Å². The number of rotatable bonds is 7. The minimum Gasteiger partial charge on any atom is -0.489 e. The average molecular weight is 351 g/mol. The highest BCUT2D eigenvalue weighted by molar-refractivity contribution is 6.01. The van der Waals surface area contributed by atoms with Crippen LogP contribution in [0, 0.1) is 5.82 Å². The van der Waals surface area contributed by atoms with Crippen molar-refractivity contribution in [1.82, 2.24) is 20.9 Å². The number of nitrogens with zero attached hydrogens (tertiary/aromatic N) is 2. The van der Waals surface area contributed by atoms with E-state index in [1.807, 2.05) is 6.92 Å². The number of amides is 3. The second-order valence-electron chi connectivity index (χ2n) is 5.47. The Kier molecular flexibility index (Phi) is 6.55. The molecule has 1 unspecified atom stereocenters. The molecule has 1 aliphatic rings. The van der Waals surface area contributed by atoms with Gasteiger partial charge in [0.15, 0.2) is 5.96 Å². The van der Waals surface area contributed by atoms with Gasteiger partial charge in [-0.05, 0) is 31.2 Å². The minimum absolute atomic E-state index is 0.0457. The van der Waals surface area contributed by atoms with Gasteiger partial charge in [0.2, 0.25) is 5.91 Å². The fraction of sp³-hybridized carbons (Fsp3) is 0.438. The van der Waals surface area contributed by atoms with Crippen molar-refractivity contribution in [2.75, 3.05) is 33.2 Å². The molecule has 0 radical (unpaired) electrons. The van der Waals surface area contributed by atoms with Crippen LogP contribution in [-0.2, 0) is 4.79 Å². The third-order valence-corrected chi connectivity index (χ3v) is 3.50. The van der Waals surface area contributed by atoms with Gasteiger partial charge in [-0.1, -0.05) is 0 Å². The number of hydrogen-bond donors (Lipinski definition) is 3. The average Bonchev–Trinajstić information content (AvgIpc) is 2.91. The largest absolute Gasteiger partial charge is 0.489 e. The molecule has 9 heteroatoms. The smallest absolute Gasteiger partial charge is 0.324 e. The Hall–Kier alpha value is -2.84.